The van der Waals surface area contributed by atoms with E-state index in [0.29, 0.717) is 21.7 Å². The van der Waals surface area contributed by atoms with Crippen LogP contribution < -0.4 is 0 Å². The molecule has 0 aliphatic heterocycles. The van der Waals surface area contributed by atoms with Crippen LogP contribution in [0.3, 0.4) is 0 Å². The fraction of sp³-hybridized carbons (Fsp3) is 0. The van der Waals surface area contributed by atoms with E-state index in [4.69, 9.17) is 32.6 Å². The predicted octanol–water partition coefficient (Wildman–Crippen LogP) is 6.98. The molecule has 0 N–H and O–H groups in total. The lowest BCUT2D eigenvalue weighted by molar-refractivity contribution is 0.589. The summed E-state index contributed by atoms with van der Waals surface area (Å²) < 4.78 is 6.12. The SMILES string of the molecule is Clc1ccc(-c2nc(-c3ccccc3)oc2-c2ccc(Cl)cc2)cc1. The van der Waals surface area contributed by atoms with Crippen molar-refractivity contribution in [3.8, 4) is 34.0 Å². The summed E-state index contributed by atoms with van der Waals surface area (Å²) in [6, 6.07) is 24.9. The molecule has 0 unspecified atom stereocenters. The number of aromatic nitrogens is 1. The van der Waals surface area contributed by atoms with Crippen molar-refractivity contribution in [2.45, 2.75) is 0 Å². The monoisotopic (exact) mass is 365 g/mol. The largest absolute Gasteiger partial charge is 0.435 e. The molecule has 0 aliphatic rings. The van der Waals surface area contributed by atoms with Crippen LogP contribution >= 0.6 is 23.2 Å². The zero-order valence-electron chi connectivity index (χ0n) is 13.1. The molecule has 0 aliphatic carbocycles. The summed E-state index contributed by atoms with van der Waals surface area (Å²) in [5.74, 6) is 1.29. The second-order valence-corrected chi connectivity index (χ2v) is 6.45. The molecular formula is C21H13Cl2NO. The quantitative estimate of drug-likeness (QED) is 0.391. The van der Waals surface area contributed by atoms with Crippen molar-refractivity contribution in [2.75, 3.05) is 0 Å². The Morgan fingerprint density at radius 2 is 1.16 bits per heavy atom. The molecular weight excluding hydrogens is 353 g/mol. The Balaban J connectivity index is 1.89. The van der Waals surface area contributed by atoms with Gasteiger partial charge in [-0.25, -0.2) is 4.98 Å². The Labute approximate surface area is 155 Å². The van der Waals surface area contributed by atoms with Crippen molar-refractivity contribution in [1.29, 1.82) is 0 Å². The summed E-state index contributed by atoms with van der Waals surface area (Å²) >= 11 is 12.0. The maximum absolute atomic E-state index is 6.12. The first-order chi connectivity index (χ1) is 12.2. The molecule has 0 saturated carbocycles. The number of hydrogen-bond donors (Lipinski definition) is 0. The Morgan fingerprint density at radius 1 is 0.600 bits per heavy atom. The van der Waals surface area contributed by atoms with Crippen molar-refractivity contribution in [1.82, 2.24) is 4.98 Å². The fourth-order valence-electron chi connectivity index (χ4n) is 2.62. The van der Waals surface area contributed by atoms with Gasteiger partial charge in [-0.2, -0.15) is 0 Å². The van der Waals surface area contributed by atoms with Gasteiger partial charge in [-0.3, -0.25) is 0 Å². The fourth-order valence-corrected chi connectivity index (χ4v) is 2.88. The standard InChI is InChI=1S/C21H13Cl2NO/c22-17-10-6-14(7-11-17)19-20(15-8-12-18(23)13-9-15)25-21(24-19)16-4-2-1-3-5-16/h1-13H. The van der Waals surface area contributed by atoms with Gasteiger partial charge in [0.15, 0.2) is 5.76 Å². The maximum Gasteiger partial charge on any atom is 0.227 e. The highest BCUT2D eigenvalue weighted by Gasteiger charge is 2.18. The highest BCUT2D eigenvalue weighted by Crippen LogP contribution is 2.36. The lowest BCUT2D eigenvalue weighted by Gasteiger charge is -2.02. The van der Waals surface area contributed by atoms with Gasteiger partial charge in [-0.15, -0.1) is 0 Å². The van der Waals surface area contributed by atoms with E-state index in [1.165, 1.54) is 0 Å². The molecule has 2 nitrogen and oxygen atoms in total. The molecule has 4 heteroatoms. The summed E-state index contributed by atoms with van der Waals surface area (Å²) in [5, 5.41) is 1.36. The summed E-state index contributed by atoms with van der Waals surface area (Å²) in [7, 11) is 0. The number of oxazole rings is 1. The number of rotatable bonds is 3. The predicted molar refractivity (Wildman–Crippen MR) is 103 cm³/mol. The van der Waals surface area contributed by atoms with Gasteiger partial charge < -0.3 is 4.42 Å². The van der Waals surface area contributed by atoms with Crippen LogP contribution in [0.15, 0.2) is 83.3 Å². The van der Waals surface area contributed by atoms with Gasteiger partial charge in [0, 0.05) is 26.7 Å². The third-order valence-corrected chi connectivity index (χ3v) is 4.38. The topological polar surface area (TPSA) is 26.0 Å². The summed E-state index contributed by atoms with van der Waals surface area (Å²) in [4.78, 5) is 4.74. The highest BCUT2D eigenvalue weighted by atomic mass is 35.5. The molecule has 122 valence electrons. The second-order valence-electron chi connectivity index (χ2n) is 5.58. The van der Waals surface area contributed by atoms with Gasteiger partial charge in [0.2, 0.25) is 5.89 Å². The lowest BCUT2D eigenvalue weighted by Crippen LogP contribution is -1.83. The molecule has 0 radical (unpaired) electrons. The molecule has 0 saturated heterocycles. The van der Waals surface area contributed by atoms with Crippen molar-refractivity contribution < 1.29 is 4.42 Å². The maximum atomic E-state index is 6.12. The minimum absolute atomic E-state index is 0.579. The normalized spacial score (nSPS) is 10.8. The number of halogens is 2. The van der Waals surface area contributed by atoms with E-state index in [2.05, 4.69) is 0 Å². The van der Waals surface area contributed by atoms with Crippen LogP contribution in [-0.4, -0.2) is 4.98 Å². The van der Waals surface area contributed by atoms with Crippen molar-refractivity contribution in [3.63, 3.8) is 0 Å². The Kier molecular flexibility index (Phi) is 4.31. The average molecular weight is 366 g/mol. The van der Waals surface area contributed by atoms with Gasteiger partial charge in [0.25, 0.3) is 0 Å². The Hall–Kier alpha value is -2.55. The van der Waals surface area contributed by atoms with Gasteiger partial charge in [0.1, 0.15) is 5.69 Å². The first-order valence-electron chi connectivity index (χ1n) is 7.79. The zero-order valence-corrected chi connectivity index (χ0v) is 14.6. The molecule has 1 heterocycles. The summed E-state index contributed by atoms with van der Waals surface area (Å²) in [5.41, 5.74) is 3.57. The van der Waals surface area contributed by atoms with Crippen molar-refractivity contribution >= 4 is 23.2 Å². The van der Waals surface area contributed by atoms with Gasteiger partial charge in [0.05, 0.1) is 0 Å². The molecule has 0 fully saturated rings. The minimum atomic E-state index is 0.579. The van der Waals surface area contributed by atoms with E-state index in [1.54, 1.807) is 0 Å². The third-order valence-electron chi connectivity index (χ3n) is 3.87. The Morgan fingerprint density at radius 3 is 1.76 bits per heavy atom. The average Bonchev–Trinajstić information content (AvgIpc) is 3.09. The molecule has 0 atom stereocenters. The molecule has 0 bridgehead atoms. The number of nitrogens with zero attached hydrogens (tertiary/aromatic N) is 1. The molecule has 3 aromatic carbocycles. The molecule has 0 amide bonds. The summed E-state index contributed by atoms with van der Waals surface area (Å²) in [6.07, 6.45) is 0. The first kappa shape index (κ1) is 15.9. The van der Waals surface area contributed by atoms with E-state index in [0.717, 1.165) is 22.4 Å². The molecule has 25 heavy (non-hydrogen) atoms. The molecule has 4 rings (SSSR count). The van der Waals surface area contributed by atoms with E-state index in [1.807, 2.05) is 78.9 Å². The smallest absolute Gasteiger partial charge is 0.227 e. The lowest BCUT2D eigenvalue weighted by atomic mass is 10.1. The van der Waals surface area contributed by atoms with Gasteiger partial charge in [-0.1, -0.05) is 53.5 Å². The van der Waals surface area contributed by atoms with Crippen LogP contribution in [0.2, 0.25) is 10.0 Å². The van der Waals surface area contributed by atoms with Crippen LogP contribution in [0.5, 0.6) is 0 Å². The van der Waals surface area contributed by atoms with Crippen LogP contribution in [-0.2, 0) is 0 Å². The van der Waals surface area contributed by atoms with Crippen LogP contribution in [0, 0.1) is 0 Å². The van der Waals surface area contributed by atoms with E-state index in [-0.39, 0.29) is 0 Å². The third kappa shape index (κ3) is 3.32. The highest BCUT2D eigenvalue weighted by molar-refractivity contribution is 6.31. The molecule has 1 aromatic heterocycles. The first-order valence-corrected chi connectivity index (χ1v) is 8.54. The second kappa shape index (κ2) is 6.75. The van der Waals surface area contributed by atoms with E-state index >= 15 is 0 Å². The number of hydrogen-bond acceptors (Lipinski definition) is 2. The molecule has 0 spiro atoms. The summed E-state index contributed by atoms with van der Waals surface area (Å²) in [6.45, 7) is 0. The van der Waals surface area contributed by atoms with Crippen LogP contribution in [0.25, 0.3) is 34.0 Å². The minimum Gasteiger partial charge on any atom is -0.435 e. The van der Waals surface area contributed by atoms with E-state index < -0.39 is 0 Å². The zero-order chi connectivity index (χ0) is 17.2. The van der Waals surface area contributed by atoms with Crippen LogP contribution in [0.1, 0.15) is 0 Å². The molecule has 4 aromatic rings. The van der Waals surface area contributed by atoms with Crippen LogP contribution in [0.4, 0.5) is 0 Å². The van der Waals surface area contributed by atoms with Crippen molar-refractivity contribution in [3.05, 3.63) is 88.9 Å². The van der Waals surface area contributed by atoms with Gasteiger partial charge in [-0.05, 0) is 48.5 Å². The van der Waals surface area contributed by atoms with E-state index in [9.17, 15) is 0 Å². The Bertz CT molecular complexity index is 928. The number of benzene rings is 3. The van der Waals surface area contributed by atoms with Crippen molar-refractivity contribution in [2.24, 2.45) is 0 Å². The van der Waals surface area contributed by atoms with Gasteiger partial charge >= 0.3 is 0 Å².